The van der Waals surface area contributed by atoms with Crippen LogP contribution >= 0.6 is 0 Å². The minimum atomic E-state index is 0.271. The van der Waals surface area contributed by atoms with Crippen LogP contribution in [0.3, 0.4) is 0 Å². The summed E-state index contributed by atoms with van der Waals surface area (Å²) in [5, 5.41) is 4.44. The molecule has 0 atom stereocenters. The predicted molar refractivity (Wildman–Crippen MR) is 107 cm³/mol. The number of hydrogen-bond donors (Lipinski definition) is 1. The zero-order valence-electron chi connectivity index (χ0n) is 15.5. The molecule has 136 valence electrons. The quantitative estimate of drug-likeness (QED) is 0.588. The molecule has 6 nitrogen and oxygen atoms in total. The van der Waals surface area contributed by atoms with Gasteiger partial charge in [0, 0.05) is 24.7 Å². The lowest BCUT2D eigenvalue weighted by Crippen LogP contribution is -2.04. The number of hydrogen-bond acceptors (Lipinski definition) is 5. The largest absolute Gasteiger partial charge is 0.368 e. The third kappa shape index (κ3) is 3.79. The zero-order valence-corrected chi connectivity index (χ0v) is 15.5. The molecule has 0 saturated carbocycles. The highest BCUT2D eigenvalue weighted by molar-refractivity contribution is 5.81. The van der Waals surface area contributed by atoms with Crippen molar-refractivity contribution >= 4 is 17.0 Å². The Balaban J connectivity index is 1.75. The molecule has 2 N–H and O–H groups in total. The molecule has 6 heteroatoms. The van der Waals surface area contributed by atoms with Crippen molar-refractivity contribution in [2.75, 3.05) is 5.73 Å². The van der Waals surface area contributed by atoms with Gasteiger partial charge in [0.1, 0.15) is 5.52 Å². The molecule has 0 spiro atoms. The van der Waals surface area contributed by atoms with E-state index in [1.54, 1.807) is 0 Å². The van der Waals surface area contributed by atoms with Crippen LogP contribution in [0, 0.1) is 5.92 Å². The standard InChI is InChI=1S/C21H22N6/c1-14(2)12-27-13-16(11-23-27)17-8-9-18-20(24-17)19(26-21(22)25-18)10-15-6-4-3-5-7-15/h3-9,11,13-14H,10,12H2,1-2H3,(H2,22,25,26). The lowest BCUT2D eigenvalue weighted by atomic mass is 10.1. The lowest BCUT2D eigenvalue weighted by Gasteiger charge is -2.08. The minimum Gasteiger partial charge on any atom is -0.368 e. The van der Waals surface area contributed by atoms with E-state index in [1.165, 1.54) is 0 Å². The van der Waals surface area contributed by atoms with Gasteiger partial charge in [-0.25, -0.2) is 15.0 Å². The molecule has 0 aliphatic rings. The summed E-state index contributed by atoms with van der Waals surface area (Å²) in [6, 6.07) is 14.1. The number of nitrogens with zero attached hydrogens (tertiary/aromatic N) is 5. The molecule has 0 amide bonds. The van der Waals surface area contributed by atoms with Gasteiger partial charge in [0.05, 0.1) is 23.1 Å². The molecule has 27 heavy (non-hydrogen) atoms. The van der Waals surface area contributed by atoms with Gasteiger partial charge >= 0.3 is 0 Å². The van der Waals surface area contributed by atoms with Crippen molar-refractivity contribution in [3.05, 3.63) is 66.1 Å². The summed E-state index contributed by atoms with van der Waals surface area (Å²) >= 11 is 0. The smallest absolute Gasteiger partial charge is 0.220 e. The van der Waals surface area contributed by atoms with Crippen LogP contribution in [-0.2, 0) is 13.0 Å². The zero-order chi connectivity index (χ0) is 18.8. The number of benzene rings is 1. The Kier molecular flexibility index (Phi) is 4.54. The fourth-order valence-corrected chi connectivity index (χ4v) is 3.14. The third-order valence-corrected chi connectivity index (χ3v) is 4.33. The van der Waals surface area contributed by atoms with Gasteiger partial charge in [-0.05, 0) is 23.6 Å². The average molecular weight is 358 g/mol. The van der Waals surface area contributed by atoms with Gasteiger partial charge in [-0.15, -0.1) is 0 Å². The maximum absolute atomic E-state index is 5.91. The van der Waals surface area contributed by atoms with Crippen LogP contribution < -0.4 is 5.73 Å². The molecule has 4 aromatic rings. The van der Waals surface area contributed by atoms with E-state index in [4.69, 9.17) is 10.7 Å². The van der Waals surface area contributed by atoms with Gasteiger partial charge in [0.15, 0.2) is 0 Å². The molecule has 0 aliphatic carbocycles. The van der Waals surface area contributed by atoms with Gasteiger partial charge in [-0.1, -0.05) is 44.2 Å². The van der Waals surface area contributed by atoms with E-state index < -0.39 is 0 Å². The van der Waals surface area contributed by atoms with E-state index in [9.17, 15) is 0 Å². The molecule has 4 rings (SSSR count). The topological polar surface area (TPSA) is 82.5 Å². The van der Waals surface area contributed by atoms with Crippen molar-refractivity contribution in [3.63, 3.8) is 0 Å². The predicted octanol–water partition coefficient (Wildman–Crippen LogP) is 3.72. The summed E-state index contributed by atoms with van der Waals surface area (Å²) < 4.78 is 1.95. The summed E-state index contributed by atoms with van der Waals surface area (Å²) in [7, 11) is 0. The summed E-state index contributed by atoms with van der Waals surface area (Å²) in [4.78, 5) is 13.6. The number of nitrogen functional groups attached to an aromatic ring is 1. The monoisotopic (exact) mass is 358 g/mol. The molecular formula is C21H22N6. The number of nitrogens with two attached hydrogens (primary N) is 1. The Morgan fingerprint density at radius 3 is 2.59 bits per heavy atom. The van der Waals surface area contributed by atoms with Crippen LogP contribution in [0.5, 0.6) is 0 Å². The van der Waals surface area contributed by atoms with Crippen molar-refractivity contribution in [1.82, 2.24) is 24.7 Å². The Hall–Kier alpha value is -3.28. The average Bonchev–Trinajstić information content (AvgIpc) is 3.10. The van der Waals surface area contributed by atoms with Crippen LogP contribution in [0.1, 0.15) is 25.1 Å². The van der Waals surface area contributed by atoms with Crippen molar-refractivity contribution in [3.8, 4) is 11.3 Å². The first kappa shape index (κ1) is 17.1. The van der Waals surface area contributed by atoms with Crippen LogP contribution in [-0.4, -0.2) is 24.7 Å². The molecule has 3 heterocycles. The van der Waals surface area contributed by atoms with E-state index in [-0.39, 0.29) is 5.95 Å². The Morgan fingerprint density at radius 1 is 1.00 bits per heavy atom. The van der Waals surface area contributed by atoms with Gasteiger partial charge in [0.2, 0.25) is 5.95 Å². The number of rotatable bonds is 5. The normalized spacial score (nSPS) is 11.4. The molecule has 0 radical (unpaired) electrons. The van der Waals surface area contributed by atoms with Crippen LogP contribution in [0.4, 0.5) is 5.95 Å². The molecular weight excluding hydrogens is 336 g/mol. The second-order valence-corrected chi connectivity index (χ2v) is 7.10. The molecule has 1 aromatic carbocycles. The molecule has 3 aromatic heterocycles. The summed E-state index contributed by atoms with van der Waals surface area (Å²) in [5.41, 5.74) is 11.3. The molecule has 0 bridgehead atoms. The Labute approximate surface area is 158 Å². The lowest BCUT2D eigenvalue weighted by molar-refractivity contribution is 0.483. The van der Waals surface area contributed by atoms with Gasteiger partial charge in [-0.3, -0.25) is 4.68 Å². The first-order chi connectivity index (χ1) is 13.1. The van der Waals surface area contributed by atoms with E-state index in [1.807, 2.05) is 47.4 Å². The maximum atomic E-state index is 5.91. The summed E-state index contributed by atoms with van der Waals surface area (Å²) in [6.07, 6.45) is 4.54. The highest BCUT2D eigenvalue weighted by Crippen LogP contribution is 2.23. The van der Waals surface area contributed by atoms with E-state index in [0.717, 1.165) is 40.1 Å². The van der Waals surface area contributed by atoms with Crippen molar-refractivity contribution in [2.45, 2.75) is 26.8 Å². The number of anilines is 1. The number of pyridine rings is 1. The van der Waals surface area contributed by atoms with E-state index in [2.05, 4.69) is 41.0 Å². The van der Waals surface area contributed by atoms with Crippen molar-refractivity contribution < 1.29 is 0 Å². The van der Waals surface area contributed by atoms with Gasteiger partial charge in [-0.2, -0.15) is 5.10 Å². The Bertz CT molecular complexity index is 1070. The van der Waals surface area contributed by atoms with Gasteiger partial charge in [0.25, 0.3) is 0 Å². The van der Waals surface area contributed by atoms with E-state index in [0.29, 0.717) is 12.3 Å². The second-order valence-electron chi connectivity index (χ2n) is 7.10. The SMILES string of the molecule is CC(C)Cn1cc(-c2ccc3nc(N)nc(Cc4ccccc4)c3n2)cn1. The molecule has 0 unspecified atom stereocenters. The third-order valence-electron chi connectivity index (χ3n) is 4.33. The minimum absolute atomic E-state index is 0.271. The highest BCUT2D eigenvalue weighted by Gasteiger charge is 2.12. The molecule has 0 fully saturated rings. The fraction of sp³-hybridized carbons (Fsp3) is 0.238. The molecule has 0 aliphatic heterocycles. The van der Waals surface area contributed by atoms with Crippen LogP contribution in [0.25, 0.3) is 22.3 Å². The van der Waals surface area contributed by atoms with Gasteiger partial charge < -0.3 is 5.73 Å². The molecule has 0 saturated heterocycles. The first-order valence-electron chi connectivity index (χ1n) is 9.08. The van der Waals surface area contributed by atoms with Crippen molar-refractivity contribution in [1.29, 1.82) is 0 Å². The summed E-state index contributed by atoms with van der Waals surface area (Å²) in [6.45, 7) is 5.23. The number of fused-ring (bicyclic) bond motifs is 1. The second kappa shape index (κ2) is 7.15. The van der Waals surface area contributed by atoms with E-state index >= 15 is 0 Å². The summed E-state index contributed by atoms with van der Waals surface area (Å²) in [5.74, 6) is 0.809. The Morgan fingerprint density at radius 2 is 1.81 bits per heavy atom. The first-order valence-corrected chi connectivity index (χ1v) is 9.08. The van der Waals surface area contributed by atoms with Crippen LogP contribution in [0.15, 0.2) is 54.9 Å². The van der Waals surface area contributed by atoms with Crippen LogP contribution in [0.2, 0.25) is 0 Å². The highest BCUT2D eigenvalue weighted by atomic mass is 15.3. The maximum Gasteiger partial charge on any atom is 0.220 e. The number of aromatic nitrogens is 5. The fourth-order valence-electron chi connectivity index (χ4n) is 3.14. The van der Waals surface area contributed by atoms with Crippen molar-refractivity contribution in [2.24, 2.45) is 5.92 Å².